The van der Waals surface area contributed by atoms with Crippen molar-refractivity contribution in [3.63, 3.8) is 0 Å². The minimum absolute atomic E-state index is 0.00321. The van der Waals surface area contributed by atoms with Gasteiger partial charge < -0.3 is 10.5 Å². The third kappa shape index (κ3) is 5.95. The largest absolute Gasteiger partial charge is 0.463 e. The maximum atomic E-state index is 10.8. The highest BCUT2D eigenvalue weighted by Crippen LogP contribution is 2.05. The molecule has 0 aliphatic rings. The first-order valence-corrected chi connectivity index (χ1v) is 4.22. The summed E-state index contributed by atoms with van der Waals surface area (Å²) in [7, 11) is -0.222. The summed E-state index contributed by atoms with van der Waals surface area (Å²) in [6, 6.07) is 0. The Morgan fingerprint density at radius 2 is 2.18 bits per heavy atom. The van der Waals surface area contributed by atoms with Crippen LogP contribution in [0.4, 0.5) is 0 Å². The van der Waals surface area contributed by atoms with Gasteiger partial charge in [-0.1, -0.05) is 0 Å². The molecule has 0 bridgehead atoms. The van der Waals surface area contributed by atoms with Crippen LogP contribution in [0.2, 0.25) is 0 Å². The highest BCUT2D eigenvalue weighted by molar-refractivity contribution is 7.24. The lowest BCUT2D eigenvalue weighted by molar-refractivity contribution is -0.147. The average molecular weight is 177 g/mol. The molecule has 0 saturated carbocycles. The molecule has 64 valence electrons. The third-order valence-electron chi connectivity index (χ3n) is 0.878. The monoisotopic (exact) mass is 177 g/mol. The van der Waals surface area contributed by atoms with Crippen LogP contribution in [0.3, 0.4) is 0 Å². The Morgan fingerprint density at radius 3 is 2.55 bits per heavy atom. The van der Waals surface area contributed by atoms with Gasteiger partial charge in [-0.3, -0.25) is 9.36 Å². The Morgan fingerprint density at radius 1 is 1.64 bits per heavy atom. The van der Waals surface area contributed by atoms with Gasteiger partial charge in [-0.15, -0.1) is 0 Å². The SMILES string of the molecule is CC(C)OC(=O)CC(N)P=O. The number of carbonyl (C=O) groups is 1. The fraction of sp³-hybridized carbons (Fsp3) is 0.833. The Bertz CT molecular complexity index is 149. The second-order valence-electron chi connectivity index (χ2n) is 2.42. The van der Waals surface area contributed by atoms with Crippen molar-refractivity contribution >= 4 is 14.4 Å². The second-order valence-corrected chi connectivity index (χ2v) is 3.29. The highest BCUT2D eigenvalue weighted by atomic mass is 31.1. The molecule has 0 spiro atoms. The predicted molar refractivity (Wildman–Crippen MR) is 41.4 cm³/mol. The maximum absolute atomic E-state index is 10.8. The summed E-state index contributed by atoms with van der Waals surface area (Å²) >= 11 is 0. The normalized spacial score (nSPS) is 13.5. The maximum Gasteiger partial charge on any atom is 0.308 e. The standard InChI is InChI=1S/C6H12NO3P/c1-4(2)10-6(8)3-5(7)11-9/h4-5H,3,7H2,1-2H3. The van der Waals surface area contributed by atoms with Crippen LogP contribution in [0, 0.1) is 0 Å². The van der Waals surface area contributed by atoms with Gasteiger partial charge in [0.1, 0.15) is 0 Å². The minimum Gasteiger partial charge on any atom is -0.463 e. The van der Waals surface area contributed by atoms with Crippen molar-refractivity contribution in [3.05, 3.63) is 0 Å². The molecule has 0 saturated heterocycles. The summed E-state index contributed by atoms with van der Waals surface area (Å²) in [5, 5.41) is 0. The zero-order chi connectivity index (χ0) is 8.85. The molecule has 0 aliphatic carbocycles. The van der Waals surface area contributed by atoms with E-state index in [2.05, 4.69) is 0 Å². The lowest BCUT2D eigenvalue weighted by atomic mass is 10.4. The highest BCUT2D eigenvalue weighted by Gasteiger charge is 2.11. The number of rotatable bonds is 4. The lowest BCUT2D eigenvalue weighted by Gasteiger charge is -2.07. The number of ether oxygens (including phenoxy) is 1. The van der Waals surface area contributed by atoms with E-state index in [9.17, 15) is 9.36 Å². The van der Waals surface area contributed by atoms with Crippen LogP contribution in [0.15, 0.2) is 0 Å². The average Bonchev–Trinajstić information content (AvgIpc) is 1.85. The molecule has 0 aromatic heterocycles. The summed E-state index contributed by atoms with van der Waals surface area (Å²) in [5.41, 5.74) is 5.22. The van der Waals surface area contributed by atoms with Crippen LogP contribution >= 0.6 is 8.46 Å². The molecule has 0 aromatic carbocycles. The van der Waals surface area contributed by atoms with Gasteiger partial charge >= 0.3 is 5.97 Å². The van der Waals surface area contributed by atoms with Gasteiger partial charge in [0.05, 0.1) is 18.3 Å². The number of nitrogens with two attached hydrogens (primary N) is 1. The van der Waals surface area contributed by atoms with E-state index in [4.69, 9.17) is 10.5 Å². The number of hydrogen-bond acceptors (Lipinski definition) is 4. The molecule has 0 fully saturated rings. The molecule has 0 aromatic rings. The van der Waals surface area contributed by atoms with Crippen LogP contribution in [-0.4, -0.2) is 17.9 Å². The Balaban J connectivity index is 3.60. The molecule has 11 heavy (non-hydrogen) atoms. The topological polar surface area (TPSA) is 69.4 Å². The van der Waals surface area contributed by atoms with Crippen LogP contribution in [0.5, 0.6) is 0 Å². The first-order chi connectivity index (χ1) is 5.06. The van der Waals surface area contributed by atoms with E-state index in [1.165, 1.54) is 0 Å². The van der Waals surface area contributed by atoms with Crippen molar-refractivity contribution in [1.29, 1.82) is 0 Å². The quantitative estimate of drug-likeness (QED) is 0.511. The molecule has 5 heteroatoms. The zero-order valence-corrected chi connectivity index (χ0v) is 7.51. The molecule has 0 rings (SSSR count). The van der Waals surface area contributed by atoms with Gasteiger partial charge in [-0.25, -0.2) is 0 Å². The Labute approximate surface area is 67.3 Å². The van der Waals surface area contributed by atoms with E-state index in [1.807, 2.05) is 0 Å². The Hall–Kier alpha value is -0.470. The second kappa shape index (κ2) is 5.22. The van der Waals surface area contributed by atoms with Crippen LogP contribution in [0.1, 0.15) is 20.3 Å². The van der Waals surface area contributed by atoms with E-state index in [0.717, 1.165) is 0 Å². The fourth-order valence-corrected chi connectivity index (χ4v) is 0.743. The number of esters is 1. The van der Waals surface area contributed by atoms with Gasteiger partial charge in [0.25, 0.3) is 0 Å². The van der Waals surface area contributed by atoms with Gasteiger partial charge in [0.15, 0.2) is 8.46 Å². The molecule has 1 unspecified atom stereocenters. The summed E-state index contributed by atoms with van der Waals surface area (Å²) in [5.74, 6) is -1.04. The third-order valence-corrected chi connectivity index (χ3v) is 1.33. The molecule has 0 radical (unpaired) electrons. The first-order valence-electron chi connectivity index (χ1n) is 3.33. The molecule has 1 atom stereocenters. The van der Waals surface area contributed by atoms with Crippen molar-refractivity contribution < 1.29 is 14.1 Å². The summed E-state index contributed by atoms with van der Waals surface area (Å²) in [6.07, 6.45) is -0.138. The zero-order valence-electron chi connectivity index (χ0n) is 6.61. The number of hydrogen-bond donors (Lipinski definition) is 1. The molecule has 2 N–H and O–H groups in total. The van der Waals surface area contributed by atoms with Crippen molar-refractivity contribution in [2.75, 3.05) is 0 Å². The summed E-state index contributed by atoms with van der Waals surface area (Å²) in [6.45, 7) is 3.50. The number of carbonyl (C=O) groups excluding carboxylic acids is 1. The van der Waals surface area contributed by atoms with E-state index in [0.29, 0.717) is 0 Å². The van der Waals surface area contributed by atoms with E-state index >= 15 is 0 Å². The van der Waals surface area contributed by atoms with Gasteiger partial charge in [0.2, 0.25) is 0 Å². The molecule has 0 amide bonds. The van der Waals surface area contributed by atoms with Crippen LogP contribution in [0.25, 0.3) is 0 Å². The molecular formula is C6H12NO3P. The van der Waals surface area contributed by atoms with Crippen molar-refractivity contribution in [3.8, 4) is 0 Å². The van der Waals surface area contributed by atoms with Gasteiger partial charge in [-0.2, -0.15) is 0 Å². The smallest absolute Gasteiger partial charge is 0.308 e. The first kappa shape index (κ1) is 10.5. The van der Waals surface area contributed by atoms with Crippen molar-refractivity contribution in [2.24, 2.45) is 5.73 Å². The Kier molecular flexibility index (Phi) is 4.99. The lowest BCUT2D eigenvalue weighted by Crippen LogP contribution is -2.21. The van der Waals surface area contributed by atoms with Crippen LogP contribution < -0.4 is 5.73 Å². The van der Waals surface area contributed by atoms with Gasteiger partial charge in [-0.05, 0) is 13.8 Å². The summed E-state index contributed by atoms with van der Waals surface area (Å²) in [4.78, 5) is 10.8. The van der Waals surface area contributed by atoms with E-state index < -0.39 is 11.8 Å². The molecular weight excluding hydrogens is 165 g/mol. The summed E-state index contributed by atoms with van der Waals surface area (Å²) < 4.78 is 14.9. The fourth-order valence-electron chi connectivity index (χ4n) is 0.519. The van der Waals surface area contributed by atoms with Gasteiger partial charge in [0, 0.05) is 0 Å². The minimum atomic E-state index is -0.638. The molecule has 4 nitrogen and oxygen atoms in total. The molecule has 0 heterocycles. The van der Waals surface area contributed by atoms with Crippen molar-refractivity contribution in [2.45, 2.75) is 32.2 Å². The predicted octanol–water partition coefficient (Wildman–Crippen LogP) is 0.905. The van der Waals surface area contributed by atoms with Crippen LogP contribution in [-0.2, 0) is 14.1 Å². The molecule has 0 aliphatic heterocycles. The van der Waals surface area contributed by atoms with E-state index in [1.54, 1.807) is 13.8 Å². The van der Waals surface area contributed by atoms with E-state index in [-0.39, 0.29) is 21.0 Å². The van der Waals surface area contributed by atoms with Crippen molar-refractivity contribution in [1.82, 2.24) is 0 Å².